The predicted molar refractivity (Wildman–Crippen MR) is 46.6 cm³/mol. The van der Waals surface area contributed by atoms with Gasteiger partial charge in [-0.05, 0) is 19.9 Å². The van der Waals surface area contributed by atoms with Crippen molar-refractivity contribution >= 4 is 10.0 Å². The second kappa shape index (κ2) is 4.51. The molecule has 3 nitrogen and oxygen atoms in total. The van der Waals surface area contributed by atoms with E-state index >= 15 is 0 Å². The molecule has 0 aliphatic rings. The third-order valence-corrected chi connectivity index (χ3v) is 3.08. The highest BCUT2D eigenvalue weighted by Gasteiger charge is 2.11. The fourth-order valence-electron chi connectivity index (χ4n) is 0.803. The van der Waals surface area contributed by atoms with Crippen LogP contribution >= 0.6 is 0 Å². The number of nitrogens with one attached hydrogen (secondary N) is 1. The van der Waals surface area contributed by atoms with Gasteiger partial charge in [0.25, 0.3) is 0 Å². The highest BCUT2D eigenvalue weighted by molar-refractivity contribution is 7.93. The second-order valence-electron chi connectivity index (χ2n) is 2.14. The SMILES string of the molecule is CC/C=C(/CC)S(=O)(=O)NC. The predicted octanol–water partition coefficient (Wildman–Crippen LogP) is 1.24. The summed E-state index contributed by atoms with van der Waals surface area (Å²) in [6.45, 7) is 3.75. The van der Waals surface area contributed by atoms with Crippen LogP contribution in [-0.2, 0) is 10.0 Å². The molecule has 0 unspecified atom stereocenters. The maximum absolute atomic E-state index is 11.1. The molecule has 4 heteroatoms. The van der Waals surface area contributed by atoms with Crippen LogP contribution in [-0.4, -0.2) is 15.5 Å². The average molecular weight is 177 g/mol. The van der Waals surface area contributed by atoms with E-state index in [0.29, 0.717) is 11.3 Å². The van der Waals surface area contributed by atoms with Gasteiger partial charge in [-0.1, -0.05) is 19.9 Å². The Kier molecular flexibility index (Phi) is 4.37. The second-order valence-corrected chi connectivity index (χ2v) is 4.08. The number of rotatable bonds is 4. The first-order valence-corrected chi connectivity index (χ1v) is 5.19. The third-order valence-electron chi connectivity index (χ3n) is 1.39. The van der Waals surface area contributed by atoms with E-state index in [1.807, 2.05) is 13.8 Å². The van der Waals surface area contributed by atoms with Crippen LogP contribution in [0.4, 0.5) is 0 Å². The standard InChI is InChI=1S/C7H15NO2S/c1-4-6-7(5-2)11(9,10)8-3/h6,8H,4-5H2,1-3H3/b7-6-. The highest BCUT2D eigenvalue weighted by atomic mass is 32.2. The van der Waals surface area contributed by atoms with Crippen molar-refractivity contribution in [3.63, 3.8) is 0 Å². The minimum absolute atomic E-state index is 0.475. The Morgan fingerprint density at radius 3 is 2.27 bits per heavy atom. The van der Waals surface area contributed by atoms with Gasteiger partial charge in [-0.15, -0.1) is 0 Å². The molecular formula is C7H15NO2S. The highest BCUT2D eigenvalue weighted by Crippen LogP contribution is 2.08. The zero-order valence-electron chi connectivity index (χ0n) is 7.22. The molecular weight excluding hydrogens is 162 g/mol. The molecule has 0 saturated heterocycles. The van der Waals surface area contributed by atoms with Gasteiger partial charge in [-0.3, -0.25) is 0 Å². The summed E-state index contributed by atoms with van der Waals surface area (Å²) in [5, 5.41) is 0. The van der Waals surface area contributed by atoms with E-state index < -0.39 is 10.0 Å². The molecule has 0 spiro atoms. The summed E-state index contributed by atoms with van der Waals surface area (Å²) in [4.78, 5) is 0.475. The molecule has 0 aromatic carbocycles. The molecule has 0 amide bonds. The summed E-state index contributed by atoms with van der Waals surface area (Å²) in [6.07, 6.45) is 3.03. The van der Waals surface area contributed by atoms with Gasteiger partial charge in [-0.25, -0.2) is 13.1 Å². The molecule has 0 radical (unpaired) electrons. The van der Waals surface area contributed by atoms with Crippen LogP contribution in [0.1, 0.15) is 26.7 Å². The number of allylic oxidation sites excluding steroid dienone is 2. The van der Waals surface area contributed by atoms with Gasteiger partial charge in [0.15, 0.2) is 0 Å². The first-order valence-electron chi connectivity index (χ1n) is 3.71. The van der Waals surface area contributed by atoms with Gasteiger partial charge in [0, 0.05) is 0 Å². The zero-order valence-corrected chi connectivity index (χ0v) is 8.03. The van der Waals surface area contributed by atoms with Crippen LogP contribution in [0.5, 0.6) is 0 Å². The molecule has 0 atom stereocenters. The van der Waals surface area contributed by atoms with Crippen molar-refractivity contribution in [3.05, 3.63) is 11.0 Å². The normalized spacial score (nSPS) is 13.5. The Morgan fingerprint density at radius 2 is 2.00 bits per heavy atom. The lowest BCUT2D eigenvalue weighted by molar-refractivity contribution is 0.593. The van der Waals surface area contributed by atoms with Crippen LogP contribution in [0.15, 0.2) is 11.0 Å². The van der Waals surface area contributed by atoms with Gasteiger partial charge in [0.05, 0.1) is 4.91 Å². The summed E-state index contributed by atoms with van der Waals surface area (Å²) in [6, 6.07) is 0. The fourth-order valence-corrected chi connectivity index (χ4v) is 1.83. The van der Waals surface area contributed by atoms with Crippen molar-refractivity contribution in [2.75, 3.05) is 7.05 Å². The third kappa shape index (κ3) is 3.03. The lowest BCUT2D eigenvalue weighted by Crippen LogP contribution is -2.20. The van der Waals surface area contributed by atoms with Crippen molar-refractivity contribution in [1.82, 2.24) is 4.72 Å². The molecule has 0 aliphatic heterocycles. The van der Waals surface area contributed by atoms with Crippen LogP contribution in [0.2, 0.25) is 0 Å². The summed E-state index contributed by atoms with van der Waals surface area (Å²) in [5.41, 5.74) is 0. The Balaban J connectivity index is 4.66. The molecule has 0 bridgehead atoms. The monoisotopic (exact) mass is 177 g/mol. The van der Waals surface area contributed by atoms with E-state index in [1.54, 1.807) is 6.08 Å². The van der Waals surface area contributed by atoms with Crippen LogP contribution < -0.4 is 4.72 Å². The van der Waals surface area contributed by atoms with Crippen molar-refractivity contribution in [2.24, 2.45) is 0 Å². The lowest BCUT2D eigenvalue weighted by Gasteiger charge is -2.03. The number of hydrogen-bond donors (Lipinski definition) is 1. The molecule has 0 aliphatic carbocycles. The van der Waals surface area contributed by atoms with Crippen molar-refractivity contribution in [1.29, 1.82) is 0 Å². The van der Waals surface area contributed by atoms with E-state index in [4.69, 9.17) is 0 Å². The van der Waals surface area contributed by atoms with Crippen LogP contribution in [0, 0.1) is 0 Å². The molecule has 0 heterocycles. The first kappa shape index (κ1) is 10.7. The quantitative estimate of drug-likeness (QED) is 0.702. The molecule has 0 aromatic heterocycles. The lowest BCUT2D eigenvalue weighted by atomic mass is 10.3. The van der Waals surface area contributed by atoms with Crippen molar-refractivity contribution in [3.8, 4) is 0 Å². The molecule has 0 rings (SSSR count). The van der Waals surface area contributed by atoms with Gasteiger partial charge in [0.1, 0.15) is 0 Å². The fraction of sp³-hybridized carbons (Fsp3) is 0.714. The Hall–Kier alpha value is -0.350. The van der Waals surface area contributed by atoms with Gasteiger partial charge >= 0.3 is 0 Å². The Bertz CT molecular complexity index is 229. The minimum atomic E-state index is -3.16. The number of sulfonamides is 1. The topological polar surface area (TPSA) is 46.2 Å². The molecule has 1 N–H and O–H groups in total. The van der Waals surface area contributed by atoms with E-state index in [0.717, 1.165) is 6.42 Å². The van der Waals surface area contributed by atoms with E-state index in [-0.39, 0.29) is 0 Å². The summed E-state index contributed by atoms with van der Waals surface area (Å²) in [5.74, 6) is 0. The van der Waals surface area contributed by atoms with Crippen LogP contribution in [0.25, 0.3) is 0 Å². The van der Waals surface area contributed by atoms with Gasteiger partial charge in [0.2, 0.25) is 10.0 Å². The summed E-state index contributed by atoms with van der Waals surface area (Å²) >= 11 is 0. The minimum Gasteiger partial charge on any atom is -0.215 e. The molecule has 66 valence electrons. The van der Waals surface area contributed by atoms with E-state index in [2.05, 4.69) is 4.72 Å². The molecule has 11 heavy (non-hydrogen) atoms. The van der Waals surface area contributed by atoms with Gasteiger partial charge < -0.3 is 0 Å². The number of hydrogen-bond acceptors (Lipinski definition) is 2. The smallest absolute Gasteiger partial charge is 0.215 e. The van der Waals surface area contributed by atoms with Crippen molar-refractivity contribution in [2.45, 2.75) is 26.7 Å². The maximum atomic E-state index is 11.1. The Morgan fingerprint density at radius 1 is 1.45 bits per heavy atom. The molecule has 0 aromatic rings. The van der Waals surface area contributed by atoms with Gasteiger partial charge in [-0.2, -0.15) is 0 Å². The summed E-state index contributed by atoms with van der Waals surface area (Å²) in [7, 11) is -1.74. The van der Waals surface area contributed by atoms with Crippen LogP contribution in [0.3, 0.4) is 0 Å². The average Bonchev–Trinajstić information content (AvgIpc) is 2.00. The summed E-state index contributed by atoms with van der Waals surface area (Å²) < 4.78 is 24.6. The van der Waals surface area contributed by atoms with E-state index in [9.17, 15) is 8.42 Å². The Labute approximate surface area is 68.5 Å². The maximum Gasteiger partial charge on any atom is 0.236 e. The zero-order chi connectivity index (χ0) is 8.91. The first-order chi connectivity index (χ1) is 5.08. The molecule has 0 fully saturated rings. The largest absolute Gasteiger partial charge is 0.236 e. The van der Waals surface area contributed by atoms with E-state index in [1.165, 1.54) is 7.05 Å². The van der Waals surface area contributed by atoms with Crippen molar-refractivity contribution < 1.29 is 8.42 Å². The molecule has 0 saturated carbocycles.